The smallest absolute Gasteiger partial charge is 0.186 e. The van der Waals surface area contributed by atoms with Crippen LogP contribution in [-0.2, 0) is 13.0 Å². The Bertz CT molecular complexity index is 433. The number of thiazole rings is 1. The van der Waals surface area contributed by atoms with Gasteiger partial charge < -0.3 is 10.2 Å². The molecule has 1 aromatic rings. The predicted octanol–water partition coefficient (Wildman–Crippen LogP) is 3.93. The Hall–Kier alpha value is -0.260. The Morgan fingerprint density at radius 3 is 2.81 bits per heavy atom. The van der Waals surface area contributed by atoms with Crippen molar-refractivity contribution in [3.63, 3.8) is 0 Å². The molecule has 1 aliphatic rings. The van der Waals surface area contributed by atoms with Crippen molar-refractivity contribution < 1.29 is 0 Å². The molecule has 1 saturated heterocycles. The third-order valence-electron chi connectivity index (χ3n) is 4.10. The highest BCUT2D eigenvalue weighted by Gasteiger charge is 2.28. The summed E-state index contributed by atoms with van der Waals surface area (Å²) < 4.78 is 0. The van der Waals surface area contributed by atoms with Crippen LogP contribution < -0.4 is 10.2 Å². The summed E-state index contributed by atoms with van der Waals surface area (Å²) in [7, 11) is 0. The van der Waals surface area contributed by atoms with Crippen LogP contribution in [0.4, 0.5) is 5.13 Å². The second-order valence-corrected chi connectivity index (χ2v) is 8.35. The molecule has 1 aromatic heterocycles. The van der Waals surface area contributed by atoms with Crippen LogP contribution in [0.2, 0.25) is 0 Å². The fourth-order valence-electron chi connectivity index (χ4n) is 2.64. The van der Waals surface area contributed by atoms with Crippen molar-refractivity contribution in [1.82, 2.24) is 10.3 Å². The van der Waals surface area contributed by atoms with Crippen LogP contribution in [0.5, 0.6) is 0 Å². The Balaban J connectivity index is 2.13. The number of hydrogen-bond donors (Lipinski definition) is 1. The number of rotatable bonds is 7. The summed E-state index contributed by atoms with van der Waals surface area (Å²) in [5, 5.41) is 5.47. The first-order valence-electron chi connectivity index (χ1n) is 8.24. The van der Waals surface area contributed by atoms with E-state index in [1.165, 1.54) is 34.3 Å². The first kappa shape index (κ1) is 17.1. The van der Waals surface area contributed by atoms with Crippen molar-refractivity contribution in [1.29, 1.82) is 0 Å². The highest BCUT2D eigenvalue weighted by Crippen LogP contribution is 2.33. The number of hydrogen-bond acceptors (Lipinski definition) is 5. The molecule has 0 amide bonds. The Morgan fingerprint density at radius 1 is 1.29 bits per heavy atom. The molecule has 2 unspecified atom stereocenters. The van der Waals surface area contributed by atoms with E-state index in [4.69, 9.17) is 4.98 Å². The fourth-order valence-corrected chi connectivity index (χ4v) is 4.93. The number of aryl methyl sites for hydroxylation is 1. The van der Waals surface area contributed by atoms with Gasteiger partial charge in [0, 0.05) is 35.0 Å². The number of thioether (sulfide) groups is 1. The molecular weight excluding hydrogens is 298 g/mol. The van der Waals surface area contributed by atoms with Gasteiger partial charge in [-0.15, -0.1) is 11.3 Å². The quantitative estimate of drug-likeness (QED) is 0.768. The van der Waals surface area contributed by atoms with Gasteiger partial charge in [0.15, 0.2) is 5.13 Å². The highest BCUT2D eigenvalue weighted by molar-refractivity contribution is 8.00. The van der Waals surface area contributed by atoms with Gasteiger partial charge in [-0.25, -0.2) is 4.98 Å². The van der Waals surface area contributed by atoms with E-state index in [1.54, 1.807) is 0 Å². The highest BCUT2D eigenvalue weighted by atomic mass is 32.2. The summed E-state index contributed by atoms with van der Waals surface area (Å²) in [5.41, 5.74) is 1.32. The van der Waals surface area contributed by atoms with Crippen molar-refractivity contribution >= 4 is 28.2 Å². The number of nitrogens with zero attached hydrogens (tertiary/aromatic N) is 2. The lowest BCUT2D eigenvalue weighted by atomic mass is 10.2. The molecule has 0 saturated carbocycles. The van der Waals surface area contributed by atoms with Crippen LogP contribution in [0.25, 0.3) is 0 Å². The third kappa shape index (κ3) is 4.36. The average Bonchev–Trinajstić information content (AvgIpc) is 2.86. The molecule has 0 aliphatic carbocycles. The summed E-state index contributed by atoms with van der Waals surface area (Å²) in [4.78, 5) is 8.95. The third-order valence-corrected chi connectivity index (χ3v) is 6.57. The number of nitrogens with one attached hydrogen (secondary N) is 1. The lowest BCUT2D eigenvalue weighted by Gasteiger charge is -2.37. The summed E-state index contributed by atoms with van der Waals surface area (Å²) in [6.07, 6.45) is 3.46. The van der Waals surface area contributed by atoms with Crippen molar-refractivity contribution in [2.45, 2.75) is 64.8 Å². The van der Waals surface area contributed by atoms with Gasteiger partial charge in [0.25, 0.3) is 0 Å². The van der Waals surface area contributed by atoms with Crippen LogP contribution in [0.1, 0.15) is 51.1 Å². The zero-order valence-corrected chi connectivity index (χ0v) is 15.4. The van der Waals surface area contributed by atoms with E-state index in [1.807, 2.05) is 11.3 Å². The second kappa shape index (κ2) is 8.39. The van der Waals surface area contributed by atoms with Gasteiger partial charge in [-0.05, 0) is 26.3 Å². The minimum absolute atomic E-state index is 0.584. The second-order valence-electron chi connectivity index (χ2n) is 5.80. The largest absolute Gasteiger partial charge is 0.343 e. The van der Waals surface area contributed by atoms with Crippen LogP contribution in [0.3, 0.4) is 0 Å². The van der Waals surface area contributed by atoms with Gasteiger partial charge in [0.2, 0.25) is 0 Å². The Labute approximate surface area is 137 Å². The Kier molecular flexibility index (Phi) is 6.83. The molecular formula is C16H29N3S2. The maximum absolute atomic E-state index is 4.98. The van der Waals surface area contributed by atoms with Gasteiger partial charge >= 0.3 is 0 Å². The van der Waals surface area contributed by atoms with E-state index in [-0.39, 0.29) is 0 Å². The molecule has 21 heavy (non-hydrogen) atoms. The molecule has 1 aliphatic heterocycles. The summed E-state index contributed by atoms with van der Waals surface area (Å²) in [5.74, 6) is 1.22. The molecule has 2 rings (SSSR count). The summed E-state index contributed by atoms with van der Waals surface area (Å²) in [6, 6.07) is 0.584. The molecule has 1 N–H and O–H groups in total. The molecule has 2 atom stereocenters. The van der Waals surface area contributed by atoms with Gasteiger partial charge in [0.1, 0.15) is 0 Å². The maximum Gasteiger partial charge on any atom is 0.186 e. The lowest BCUT2D eigenvalue weighted by Crippen LogP contribution is -2.44. The molecule has 3 nitrogen and oxygen atoms in total. The zero-order valence-electron chi connectivity index (χ0n) is 13.8. The van der Waals surface area contributed by atoms with Crippen molar-refractivity contribution in [3.8, 4) is 0 Å². The van der Waals surface area contributed by atoms with Crippen LogP contribution in [0.15, 0.2) is 0 Å². The minimum Gasteiger partial charge on any atom is -0.343 e. The summed E-state index contributed by atoms with van der Waals surface area (Å²) in [6.45, 7) is 12.3. The van der Waals surface area contributed by atoms with Crippen molar-refractivity contribution in [2.75, 3.05) is 23.7 Å². The van der Waals surface area contributed by atoms with E-state index >= 15 is 0 Å². The Morgan fingerprint density at radius 2 is 2.10 bits per heavy atom. The fraction of sp³-hybridized carbons (Fsp3) is 0.812. The topological polar surface area (TPSA) is 28.2 Å². The van der Waals surface area contributed by atoms with E-state index in [0.717, 1.165) is 26.1 Å². The predicted molar refractivity (Wildman–Crippen MR) is 96.8 cm³/mol. The standard InChI is InChI=1S/C16H29N3S2/c1-5-7-14-15(11-17-8-6-2)21-16(18-14)19-9-10-20-13(4)12(19)3/h12-13,17H,5-11H2,1-4H3. The van der Waals surface area contributed by atoms with Crippen molar-refractivity contribution in [3.05, 3.63) is 10.6 Å². The molecule has 0 bridgehead atoms. The molecule has 5 heteroatoms. The minimum atomic E-state index is 0.584. The maximum atomic E-state index is 4.98. The first-order chi connectivity index (χ1) is 10.2. The lowest BCUT2D eigenvalue weighted by molar-refractivity contribution is 0.624. The molecule has 0 aromatic carbocycles. The van der Waals surface area contributed by atoms with E-state index < -0.39 is 0 Å². The summed E-state index contributed by atoms with van der Waals surface area (Å²) >= 11 is 3.99. The monoisotopic (exact) mass is 327 g/mol. The van der Waals surface area contributed by atoms with E-state index in [0.29, 0.717) is 11.3 Å². The molecule has 1 fully saturated rings. The number of aromatic nitrogens is 1. The molecule has 120 valence electrons. The average molecular weight is 328 g/mol. The SMILES string of the molecule is CCCNCc1sc(N2CCSC(C)C2C)nc1CCC. The first-order valence-corrected chi connectivity index (χ1v) is 10.1. The van der Waals surface area contributed by atoms with Gasteiger partial charge in [-0.3, -0.25) is 0 Å². The normalized spacial score (nSPS) is 22.8. The zero-order chi connectivity index (χ0) is 15.2. The van der Waals surface area contributed by atoms with Crippen LogP contribution in [0, 0.1) is 0 Å². The molecule has 0 spiro atoms. The van der Waals surface area contributed by atoms with E-state index in [9.17, 15) is 0 Å². The van der Waals surface area contributed by atoms with Crippen LogP contribution in [-0.4, -0.2) is 35.1 Å². The van der Waals surface area contributed by atoms with E-state index in [2.05, 4.69) is 49.7 Å². The molecule has 2 heterocycles. The number of anilines is 1. The van der Waals surface area contributed by atoms with Crippen LogP contribution >= 0.6 is 23.1 Å². The van der Waals surface area contributed by atoms with Gasteiger partial charge in [0.05, 0.1) is 5.69 Å². The van der Waals surface area contributed by atoms with Gasteiger partial charge in [-0.1, -0.05) is 27.2 Å². The molecule has 0 radical (unpaired) electrons. The van der Waals surface area contributed by atoms with Gasteiger partial charge in [-0.2, -0.15) is 11.8 Å². The van der Waals surface area contributed by atoms with Crippen molar-refractivity contribution in [2.24, 2.45) is 0 Å².